The minimum absolute atomic E-state index is 0.168. The third kappa shape index (κ3) is 5.57. The van der Waals surface area contributed by atoms with Crippen molar-refractivity contribution in [1.82, 2.24) is 9.61 Å². The van der Waals surface area contributed by atoms with E-state index >= 15 is 0 Å². The monoisotopic (exact) mass is 604 g/mol. The van der Waals surface area contributed by atoms with Gasteiger partial charge in [0.25, 0.3) is 17.2 Å². The molecule has 1 fully saturated rings. The summed E-state index contributed by atoms with van der Waals surface area (Å²) in [6.07, 6.45) is 4.84. The van der Waals surface area contributed by atoms with Gasteiger partial charge in [-0.25, -0.2) is 13.1 Å². The van der Waals surface area contributed by atoms with Gasteiger partial charge in [-0.15, -0.1) is 0 Å². The molecule has 1 amide bonds. The number of amides is 1. The lowest BCUT2D eigenvalue weighted by Crippen LogP contribution is -2.29. The highest BCUT2D eigenvalue weighted by Crippen LogP contribution is 2.38. The van der Waals surface area contributed by atoms with Crippen LogP contribution in [0.5, 0.6) is 0 Å². The third-order valence-electron chi connectivity index (χ3n) is 6.45. The molecule has 2 aromatic heterocycles. The highest BCUT2D eigenvalue weighted by atomic mass is 79.9. The quantitative estimate of drug-likeness (QED) is 0.236. The molecule has 0 spiro atoms. The Kier molecular flexibility index (Phi) is 7.35. The Morgan fingerprint density at radius 1 is 1.24 bits per heavy atom. The lowest BCUT2D eigenvalue weighted by molar-refractivity contribution is 0.100. The molecule has 4 aromatic rings. The van der Waals surface area contributed by atoms with Gasteiger partial charge in [-0.1, -0.05) is 29.8 Å². The van der Waals surface area contributed by atoms with E-state index in [0.29, 0.717) is 56.3 Å². The molecule has 7 nitrogen and oxygen atoms in total. The molecular formula is C26H23BrClFN4O3S. The maximum Gasteiger partial charge on any atom is 0.261 e. The molecule has 2 heterocycles. The van der Waals surface area contributed by atoms with Gasteiger partial charge in [0.2, 0.25) is 0 Å². The summed E-state index contributed by atoms with van der Waals surface area (Å²) in [6, 6.07) is 13.5. The summed E-state index contributed by atoms with van der Waals surface area (Å²) in [7, 11) is 0. The molecule has 5 rings (SSSR count). The van der Waals surface area contributed by atoms with Crippen LogP contribution in [0.25, 0.3) is 16.8 Å². The van der Waals surface area contributed by atoms with Crippen LogP contribution in [0.15, 0.2) is 59.2 Å². The largest absolute Gasteiger partial charge is 0.365 e. The Morgan fingerprint density at radius 2 is 1.97 bits per heavy atom. The summed E-state index contributed by atoms with van der Waals surface area (Å²) >= 11 is 6.83. The number of hydrogen-bond acceptors (Lipinski definition) is 3. The number of halogens is 3. The van der Waals surface area contributed by atoms with E-state index in [1.165, 1.54) is 14.9 Å². The molecular weight excluding hydrogens is 583 g/mol. The van der Waals surface area contributed by atoms with Gasteiger partial charge in [0.1, 0.15) is 11.5 Å². The maximum atomic E-state index is 14.0. The maximum absolute atomic E-state index is 14.0. The molecule has 1 aliphatic rings. The fourth-order valence-electron chi connectivity index (χ4n) is 4.40. The number of carbonyl (C=O) groups is 1. The molecule has 0 aliphatic heterocycles. The topological polar surface area (TPSA) is 101 Å². The highest BCUT2D eigenvalue weighted by Gasteiger charge is 2.28. The van der Waals surface area contributed by atoms with Gasteiger partial charge in [-0.2, -0.15) is 5.10 Å². The van der Waals surface area contributed by atoms with Gasteiger partial charge >= 0.3 is 0 Å². The van der Waals surface area contributed by atoms with Gasteiger partial charge in [0, 0.05) is 17.1 Å². The number of nitrogens with two attached hydrogens (primary N) is 1. The normalized spacial score (nSPS) is 14.2. The van der Waals surface area contributed by atoms with E-state index in [9.17, 15) is 17.9 Å². The number of anilines is 1. The van der Waals surface area contributed by atoms with Crippen LogP contribution < -0.4 is 10.0 Å². The van der Waals surface area contributed by atoms with Gasteiger partial charge in [-0.05, 0) is 89.0 Å². The number of primary amides is 1. The van der Waals surface area contributed by atoms with Crippen LogP contribution >= 0.6 is 27.5 Å². The zero-order chi connectivity index (χ0) is 26.3. The minimum atomic E-state index is -2.35. The minimum Gasteiger partial charge on any atom is -0.365 e. The summed E-state index contributed by atoms with van der Waals surface area (Å²) in [5, 5.41) is 5.17. The number of hydrogen-bond donors (Lipinski definition) is 2. The molecule has 1 saturated carbocycles. The number of rotatable bonds is 9. The molecule has 37 heavy (non-hydrogen) atoms. The van der Waals surface area contributed by atoms with E-state index in [-0.39, 0.29) is 12.1 Å². The van der Waals surface area contributed by atoms with Crippen molar-refractivity contribution in [3.63, 3.8) is 0 Å². The van der Waals surface area contributed by atoms with Crippen molar-refractivity contribution in [3.05, 3.63) is 86.7 Å². The van der Waals surface area contributed by atoms with Crippen LogP contribution in [0.4, 0.5) is 10.1 Å². The first-order valence-corrected chi connectivity index (χ1v) is 13.9. The summed E-state index contributed by atoms with van der Waals surface area (Å²) in [6.45, 7) is 0.168. The molecule has 3 N–H and O–H groups in total. The van der Waals surface area contributed by atoms with Gasteiger partial charge < -0.3 is 5.73 Å². The summed E-state index contributed by atoms with van der Waals surface area (Å²) in [5.74, 6) is -0.549. The molecule has 0 bridgehead atoms. The van der Waals surface area contributed by atoms with Crippen LogP contribution in [-0.2, 0) is 24.1 Å². The van der Waals surface area contributed by atoms with E-state index in [4.69, 9.17) is 17.3 Å². The standard InChI is InChI=1S/C26H23BrClFN4O3S/c27-20-8-3-16(12-21(20)29)9-10-33(37(35)36)23-14-32-22(13-18(23)11-15-1-2-15)24(26(30)34)25(31-32)17-4-6-19(28)7-5-17/h3-8,12-15H,1-2,9-11H2,(H2,30,34)(H,35,36). The third-order valence-corrected chi connectivity index (χ3v) is 8.10. The second-order valence-corrected chi connectivity index (χ2v) is 11.3. The zero-order valence-corrected chi connectivity index (χ0v) is 22.7. The van der Waals surface area contributed by atoms with E-state index in [0.717, 1.165) is 18.4 Å². The number of benzene rings is 2. The van der Waals surface area contributed by atoms with Gasteiger partial charge in [-0.3, -0.25) is 13.7 Å². The average Bonchev–Trinajstić information content (AvgIpc) is 3.59. The number of pyridine rings is 1. The average molecular weight is 606 g/mol. The molecule has 11 heteroatoms. The highest BCUT2D eigenvalue weighted by molar-refractivity contribution is 9.10. The predicted molar refractivity (Wildman–Crippen MR) is 147 cm³/mol. The summed E-state index contributed by atoms with van der Waals surface area (Å²) < 4.78 is 40.0. The molecule has 2 aromatic carbocycles. The second-order valence-electron chi connectivity index (χ2n) is 9.09. The Balaban J connectivity index is 1.60. The van der Waals surface area contributed by atoms with Crippen LogP contribution in [0.3, 0.4) is 0 Å². The first-order valence-electron chi connectivity index (χ1n) is 11.6. The Labute approximate surface area is 229 Å². The fourth-order valence-corrected chi connectivity index (χ4v) is 5.36. The lowest BCUT2D eigenvalue weighted by atomic mass is 10.0. The van der Waals surface area contributed by atoms with Crippen molar-refractivity contribution < 1.29 is 17.9 Å². The number of nitrogens with zero attached hydrogens (tertiary/aromatic N) is 3. The molecule has 1 aliphatic carbocycles. The summed E-state index contributed by atoms with van der Waals surface area (Å²) in [5.41, 5.74) is 9.70. The second kappa shape index (κ2) is 10.5. The molecule has 0 radical (unpaired) electrons. The van der Waals surface area contributed by atoms with Crippen molar-refractivity contribution in [2.75, 3.05) is 10.8 Å². The van der Waals surface area contributed by atoms with E-state index in [1.54, 1.807) is 42.6 Å². The summed E-state index contributed by atoms with van der Waals surface area (Å²) in [4.78, 5) is 12.5. The van der Waals surface area contributed by atoms with Crippen molar-refractivity contribution in [3.8, 4) is 11.3 Å². The van der Waals surface area contributed by atoms with Crippen molar-refractivity contribution in [2.45, 2.75) is 25.7 Å². The van der Waals surface area contributed by atoms with Crippen LogP contribution in [-0.4, -0.2) is 30.8 Å². The predicted octanol–water partition coefficient (Wildman–Crippen LogP) is 5.79. The molecule has 192 valence electrons. The van der Waals surface area contributed by atoms with Gasteiger partial charge in [0.05, 0.1) is 27.4 Å². The number of fused-ring (bicyclic) bond motifs is 1. The smallest absolute Gasteiger partial charge is 0.261 e. The number of carbonyl (C=O) groups excluding carboxylic acids is 1. The van der Waals surface area contributed by atoms with Crippen LogP contribution in [0.1, 0.15) is 34.3 Å². The van der Waals surface area contributed by atoms with E-state index in [1.807, 2.05) is 6.07 Å². The first kappa shape index (κ1) is 25.8. The van der Waals surface area contributed by atoms with E-state index in [2.05, 4.69) is 21.0 Å². The lowest BCUT2D eigenvalue weighted by Gasteiger charge is -2.23. The molecule has 1 atom stereocenters. The fraction of sp³-hybridized carbons (Fsp3) is 0.231. The number of aromatic nitrogens is 2. The van der Waals surface area contributed by atoms with E-state index < -0.39 is 23.0 Å². The van der Waals surface area contributed by atoms with Gasteiger partial charge in [0.15, 0.2) is 0 Å². The van der Waals surface area contributed by atoms with Crippen molar-refractivity contribution in [2.24, 2.45) is 11.7 Å². The SMILES string of the molecule is NC(=O)c1c(-c2ccc(Cl)cc2)nn2cc(N(CCc3ccc(Br)c(F)c3)S(=O)O)c(CC3CC3)cc12. The van der Waals surface area contributed by atoms with Crippen molar-refractivity contribution in [1.29, 1.82) is 0 Å². The van der Waals surface area contributed by atoms with Crippen LogP contribution in [0.2, 0.25) is 5.02 Å². The van der Waals surface area contributed by atoms with Crippen molar-refractivity contribution >= 4 is 55.9 Å². The Bertz CT molecular complexity index is 1520. The Morgan fingerprint density at radius 3 is 2.59 bits per heavy atom. The molecule has 1 unspecified atom stereocenters. The molecule has 0 saturated heterocycles. The van der Waals surface area contributed by atoms with Crippen LogP contribution in [0, 0.1) is 11.7 Å². The Hall–Kier alpha value is -2.79. The zero-order valence-electron chi connectivity index (χ0n) is 19.5. The first-order chi connectivity index (χ1) is 17.7.